The molecule has 3 fully saturated rings. The molecular weight excluding hydrogens is 624 g/mol. The zero-order chi connectivity index (χ0) is 31.8. The number of carboxylic acid groups (broad SMARTS) is 1. The molecule has 2 aromatic rings. The second kappa shape index (κ2) is 11.9. The molecular formula is C22H30N12O8S2. The molecule has 44 heavy (non-hydrogen) atoms. The van der Waals surface area contributed by atoms with Gasteiger partial charge < -0.3 is 37.4 Å². The predicted molar refractivity (Wildman–Crippen MR) is 152 cm³/mol. The Hall–Kier alpha value is -4.41. The van der Waals surface area contributed by atoms with E-state index >= 15 is 0 Å². The van der Waals surface area contributed by atoms with Gasteiger partial charge in [0.15, 0.2) is 16.8 Å². The molecule has 0 aromatic carbocycles. The van der Waals surface area contributed by atoms with Crippen LogP contribution in [-0.4, -0.2) is 115 Å². The van der Waals surface area contributed by atoms with Gasteiger partial charge in [0.1, 0.15) is 11.4 Å². The molecule has 0 unspecified atom stereocenters. The third-order valence-corrected chi connectivity index (χ3v) is 8.99. The number of rotatable bonds is 13. The summed E-state index contributed by atoms with van der Waals surface area (Å²) in [6.07, 6.45) is 1.79. The van der Waals surface area contributed by atoms with Gasteiger partial charge in [0.2, 0.25) is 11.5 Å². The van der Waals surface area contributed by atoms with E-state index in [2.05, 4.69) is 30.6 Å². The highest BCUT2D eigenvalue weighted by atomic mass is 32.2. The van der Waals surface area contributed by atoms with Gasteiger partial charge in [-0.1, -0.05) is 5.16 Å². The number of aliphatic carboxylic acids is 1. The fraction of sp³-hybridized carbons (Fsp3) is 0.545. The first-order chi connectivity index (χ1) is 20.8. The van der Waals surface area contributed by atoms with Crippen molar-refractivity contribution < 1.29 is 37.3 Å². The number of carbonyl (C=O) groups is 3. The highest BCUT2D eigenvalue weighted by Crippen LogP contribution is 2.40. The summed E-state index contributed by atoms with van der Waals surface area (Å²) in [5, 5.41) is 25.4. The number of nitrogens with one attached hydrogen (secondary N) is 1. The van der Waals surface area contributed by atoms with Gasteiger partial charge in [0.05, 0.1) is 31.2 Å². The maximum atomic E-state index is 13.1. The molecule has 0 spiro atoms. The molecule has 3 aliphatic rings. The van der Waals surface area contributed by atoms with E-state index in [0.717, 1.165) is 16.1 Å². The first-order valence-electron chi connectivity index (χ1n) is 13.2. The summed E-state index contributed by atoms with van der Waals surface area (Å²) in [7, 11) is -4.94. The number of amides is 2. The number of guanidine groups is 1. The van der Waals surface area contributed by atoms with Crippen LogP contribution in [0.5, 0.6) is 0 Å². The van der Waals surface area contributed by atoms with Crippen LogP contribution in [-0.2, 0) is 42.6 Å². The van der Waals surface area contributed by atoms with E-state index in [-0.39, 0.29) is 47.6 Å². The van der Waals surface area contributed by atoms with E-state index in [1.165, 1.54) is 11.6 Å². The molecule has 2 aromatic heterocycles. The number of aromatic nitrogens is 4. The third kappa shape index (κ3) is 6.41. The Balaban J connectivity index is 1.25. The quantitative estimate of drug-likeness (QED) is 0.0407. The minimum Gasteiger partial charge on any atom is -0.478 e. The second-order valence-corrected chi connectivity index (χ2v) is 12.6. The van der Waals surface area contributed by atoms with Crippen molar-refractivity contribution in [3.05, 3.63) is 23.0 Å². The van der Waals surface area contributed by atoms with E-state index in [0.29, 0.717) is 37.2 Å². The summed E-state index contributed by atoms with van der Waals surface area (Å²) in [4.78, 5) is 53.7. The third-order valence-electron chi connectivity index (χ3n) is 7.37. The zero-order valence-electron chi connectivity index (χ0n) is 23.0. The van der Waals surface area contributed by atoms with Crippen LogP contribution in [0, 0.1) is 11.8 Å². The van der Waals surface area contributed by atoms with E-state index < -0.39 is 51.4 Å². The minimum atomic E-state index is -4.94. The van der Waals surface area contributed by atoms with Crippen LogP contribution in [0.2, 0.25) is 0 Å². The molecule has 4 heterocycles. The van der Waals surface area contributed by atoms with Crippen molar-refractivity contribution in [2.24, 2.45) is 33.5 Å². The molecule has 2 amide bonds. The van der Waals surface area contributed by atoms with Gasteiger partial charge >= 0.3 is 16.3 Å². The van der Waals surface area contributed by atoms with Crippen LogP contribution in [0.1, 0.15) is 24.2 Å². The number of anilines is 1. The van der Waals surface area contributed by atoms with Crippen LogP contribution in [0.4, 0.5) is 5.13 Å². The number of hydrogen-bond acceptors (Lipinski definition) is 14. The Bertz CT molecular complexity index is 1610. The summed E-state index contributed by atoms with van der Waals surface area (Å²) in [5.41, 5.74) is 15.8. The molecule has 0 bridgehead atoms. The number of nitrogen functional groups attached to an aromatic ring is 1. The number of oxime groups is 1. The molecule has 1 aliphatic carbocycles. The number of thiazole rings is 1. The van der Waals surface area contributed by atoms with Crippen molar-refractivity contribution in [2.75, 3.05) is 31.9 Å². The number of likely N-dealkylation sites (tertiary alicyclic amines) is 1. The molecule has 1 saturated carbocycles. The summed E-state index contributed by atoms with van der Waals surface area (Å²) in [5.74, 6) is -3.52. The molecule has 2 aliphatic heterocycles. The van der Waals surface area contributed by atoms with E-state index in [1.807, 2.05) is 4.90 Å². The molecule has 9 N–H and O–H groups in total. The fourth-order valence-electron chi connectivity index (χ4n) is 4.59. The molecule has 2 saturated heterocycles. The van der Waals surface area contributed by atoms with Crippen molar-refractivity contribution in [2.45, 2.75) is 37.6 Å². The van der Waals surface area contributed by atoms with Gasteiger partial charge in [-0.05, 0) is 6.54 Å². The first-order valence-corrected chi connectivity index (χ1v) is 15.5. The Morgan fingerprint density at radius 3 is 2.61 bits per heavy atom. The maximum absolute atomic E-state index is 13.1. The highest BCUT2D eigenvalue weighted by molar-refractivity contribution is 7.84. The lowest BCUT2D eigenvalue weighted by atomic mass is 9.90. The van der Waals surface area contributed by atoms with Gasteiger partial charge in [-0.3, -0.25) is 14.1 Å². The average molecular weight is 655 g/mol. The normalized spacial score (nSPS) is 21.9. The van der Waals surface area contributed by atoms with Crippen LogP contribution >= 0.6 is 11.3 Å². The number of carboxylic acids is 1. The summed E-state index contributed by atoms with van der Waals surface area (Å²) in [6.45, 7) is 1.44. The first kappa shape index (κ1) is 31.0. The molecule has 20 nitrogen and oxygen atoms in total. The average Bonchev–Trinajstić information content (AvgIpc) is 3.39. The Labute approximate surface area is 253 Å². The zero-order valence-corrected chi connectivity index (χ0v) is 24.6. The van der Waals surface area contributed by atoms with Gasteiger partial charge in [-0.2, -0.15) is 23.4 Å². The van der Waals surface area contributed by atoms with Gasteiger partial charge in [-0.15, -0.1) is 11.3 Å². The summed E-state index contributed by atoms with van der Waals surface area (Å²) < 4.78 is 33.8. The SMILES string of the molecule is NCC1CN(C(N)=NCc2cnn(C[C@@H]3[C@H](CNC(=O)/C(=N\OC4(C(=O)O)CC4)c4csc(N)n4)C(=O)N3S(=O)(=O)O)n2)C1. The number of aliphatic imine (C=N–C) groups is 1. The molecule has 22 heteroatoms. The Kier molecular flexibility index (Phi) is 8.42. The largest absolute Gasteiger partial charge is 0.478 e. The van der Waals surface area contributed by atoms with Crippen molar-refractivity contribution in [1.29, 1.82) is 0 Å². The van der Waals surface area contributed by atoms with Crippen molar-refractivity contribution in [1.82, 2.24) is 34.5 Å². The summed E-state index contributed by atoms with van der Waals surface area (Å²) >= 11 is 1.00. The fourth-order valence-corrected chi connectivity index (χ4v) is 6.06. The molecule has 5 rings (SSSR count). The standard InChI is InChI=1S/C22H30N12O8S2/c23-3-11-7-32(8-11)20(24)27-4-12-5-28-33(30-12)9-15-13(18(36)34(15)44(39,40)41)6-26-17(35)16(14-10-43-21(25)29-14)31-42-22(1-2-22)19(37)38/h5,10-11,13,15H,1-4,6-9,23H2,(H2,24,27)(H2,25,29)(H,26,35)(H,37,38)(H,39,40,41)/b31-16-/t13-,15+/m0/s1. The molecule has 238 valence electrons. The van der Waals surface area contributed by atoms with Crippen molar-refractivity contribution in [3.63, 3.8) is 0 Å². The van der Waals surface area contributed by atoms with Crippen LogP contribution in [0.25, 0.3) is 0 Å². The van der Waals surface area contributed by atoms with Crippen LogP contribution < -0.4 is 22.5 Å². The Morgan fingerprint density at radius 1 is 1.30 bits per heavy atom. The minimum absolute atomic E-state index is 0.00658. The number of nitrogens with two attached hydrogens (primary N) is 3. The van der Waals surface area contributed by atoms with Gasteiger partial charge in [-0.25, -0.2) is 19.1 Å². The smallest absolute Gasteiger partial charge is 0.362 e. The monoisotopic (exact) mass is 654 g/mol. The number of nitrogens with zero attached hydrogens (tertiary/aromatic N) is 8. The number of carbonyl (C=O) groups excluding carboxylic acids is 2. The second-order valence-electron chi connectivity index (χ2n) is 10.5. The summed E-state index contributed by atoms with van der Waals surface area (Å²) in [6, 6.07) is -1.16. The van der Waals surface area contributed by atoms with E-state index in [4.69, 9.17) is 22.0 Å². The lowest BCUT2D eigenvalue weighted by Crippen LogP contribution is -2.66. The van der Waals surface area contributed by atoms with Gasteiger partial charge in [0, 0.05) is 43.8 Å². The molecule has 2 atom stereocenters. The van der Waals surface area contributed by atoms with Gasteiger partial charge in [0.25, 0.3) is 5.91 Å². The molecule has 0 radical (unpaired) electrons. The van der Waals surface area contributed by atoms with E-state index in [9.17, 15) is 32.5 Å². The maximum Gasteiger partial charge on any atom is 0.362 e. The number of β-lactam (4-membered cyclic amide) rings is 1. The lowest BCUT2D eigenvalue weighted by molar-refractivity contribution is -0.153. The van der Waals surface area contributed by atoms with Crippen LogP contribution in [0.3, 0.4) is 0 Å². The van der Waals surface area contributed by atoms with Crippen molar-refractivity contribution >= 4 is 56.2 Å². The topological polar surface area (TPSA) is 300 Å². The lowest BCUT2D eigenvalue weighted by Gasteiger charge is -2.43. The van der Waals surface area contributed by atoms with Crippen molar-refractivity contribution in [3.8, 4) is 0 Å². The predicted octanol–water partition coefficient (Wildman–Crippen LogP) is -3.19. The van der Waals surface area contributed by atoms with Crippen LogP contribution in [0.15, 0.2) is 21.7 Å². The number of hydrogen-bond donors (Lipinski definition) is 6. The highest BCUT2D eigenvalue weighted by Gasteiger charge is 2.55. The van der Waals surface area contributed by atoms with E-state index in [1.54, 1.807) is 0 Å². The Morgan fingerprint density at radius 2 is 2.02 bits per heavy atom.